The Bertz CT molecular complexity index is 306. The number of nitrogens with two attached hydrogens (primary N) is 1. The highest BCUT2D eigenvalue weighted by Crippen LogP contribution is 2.23. The fraction of sp³-hybridized carbons (Fsp3) is 0.400. The van der Waals surface area contributed by atoms with Crippen LogP contribution in [0.2, 0.25) is 0 Å². The standard InChI is InChI=1S/C10H13BrFNO/c1-2-14-6-10(13)8-4-3-7(12)5-9(8)11/h3-5,10H,2,6,13H2,1H3. The lowest BCUT2D eigenvalue weighted by atomic mass is 10.1. The second-order valence-corrected chi connectivity index (χ2v) is 3.79. The smallest absolute Gasteiger partial charge is 0.124 e. The van der Waals surface area contributed by atoms with Crippen molar-refractivity contribution in [3.63, 3.8) is 0 Å². The summed E-state index contributed by atoms with van der Waals surface area (Å²) in [6, 6.07) is 4.25. The molecule has 1 rings (SSSR count). The van der Waals surface area contributed by atoms with E-state index in [0.717, 1.165) is 5.56 Å². The quantitative estimate of drug-likeness (QED) is 0.905. The summed E-state index contributed by atoms with van der Waals surface area (Å²) in [7, 11) is 0. The molecule has 0 radical (unpaired) electrons. The van der Waals surface area contributed by atoms with Crippen molar-refractivity contribution in [2.24, 2.45) is 5.73 Å². The van der Waals surface area contributed by atoms with Crippen LogP contribution in [0.25, 0.3) is 0 Å². The zero-order valence-electron chi connectivity index (χ0n) is 7.97. The largest absolute Gasteiger partial charge is 0.380 e. The summed E-state index contributed by atoms with van der Waals surface area (Å²) in [5.41, 5.74) is 6.72. The van der Waals surface area contributed by atoms with Crippen LogP contribution in [0.4, 0.5) is 4.39 Å². The van der Waals surface area contributed by atoms with Crippen LogP contribution in [0.1, 0.15) is 18.5 Å². The molecule has 0 fully saturated rings. The molecule has 0 saturated carbocycles. The van der Waals surface area contributed by atoms with Gasteiger partial charge in [-0.2, -0.15) is 0 Å². The Kier molecular flexibility index (Phi) is 4.51. The average Bonchev–Trinajstić information content (AvgIpc) is 2.14. The van der Waals surface area contributed by atoms with E-state index in [1.807, 2.05) is 6.92 Å². The Morgan fingerprint density at radius 1 is 1.57 bits per heavy atom. The third-order valence-electron chi connectivity index (χ3n) is 1.86. The predicted molar refractivity (Wildman–Crippen MR) is 57.5 cm³/mol. The van der Waals surface area contributed by atoms with Crippen LogP contribution < -0.4 is 5.73 Å². The summed E-state index contributed by atoms with van der Waals surface area (Å²) >= 11 is 3.26. The van der Waals surface area contributed by atoms with Gasteiger partial charge in [0.15, 0.2) is 0 Å². The Balaban J connectivity index is 2.74. The van der Waals surface area contributed by atoms with Crippen molar-refractivity contribution in [2.45, 2.75) is 13.0 Å². The average molecular weight is 262 g/mol. The molecule has 1 aromatic carbocycles. The van der Waals surface area contributed by atoms with E-state index in [2.05, 4.69) is 15.9 Å². The molecule has 1 atom stereocenters. The number of hydrogen-bond acceptors (Lipinski definition) is 2. The van der Waals surface area contributed by atoms with Crippen LogP contribution in [-0.4, -0.2) is 13.2 Å². The summed E-state index contributed by atoms with van der Waals surface area (Å²) in [5.74, 6) is -0.274. The first-order valence-corrected chi connectivity index (χ1v) is 5.22. The molecule has 0 amide bonds. The van der Waals surface area contributed by atoms with Crippen molar-refractivity contribution in [1.82, 2.24) is 0 Å². The zero-order valence-corrected chi connectivity index (χ0v) is 9.55. The third kappa shape index (κ3) is 3.04. The van der Waals surface area contributed by atoms with Crippen LogP contribution in [0.3, 0.4) is 0 Å². The molecule has 2 N–H and O–H groups in total. The van der Waals surface area contributed by atoms with E-state index >= 15 is 0 Å². The summed E-state index contributed by atoms with van der Waals surface area (Å²) < 4.78 is 18.6. The van der Waals surface area contributed by atoms with Gasteiger partial charge in [-0.3, -0.25) is 0 Å². The van der Waals surface area contributed by atoms with Crippen molar-refractivity contribution in [3.05, 3.63) is 34.1 Å². The van der Waals surface area contributed by atoms with Crippen molar-refractivity contribution < 1.29 is 9.13 Å². The van der Waals surface area contributed by atoms with E-state index in [9.17, 15) is 4.39 Å². The van der Waals surface area contributed by atoms with E-state index in [1.165, 1.54) is 12.1 Å². The minimum atomic E-state index is -0.274. The first kappa shape index (κ1) is 11.6. The predicted octanol–water partition coefficient (Wildman–Crippen LogP) is 2.62. The molecule has 0 saturated heterocycles. The van der Waals surface area contributed by atoms with E-state index in [1.54, 1.807) is 6.07 Å². The lowest BCUT2D eigenvalue weighted by Gasteiger charge is -2.13. The minimum Gasteiger partial charge on any atom is -0.380 e. The Morgan fingerprint density at radius 2 is 2.29 bits per heavy atom. The number of halogens is 2. The summed E-state index contributed by atoms with van der Waals surface area (Å²) in [4.78, 5) is 0. The highest BCUT2D eigenvalue weighted by atomic mass is 79.9. The minimum absolute atomic E-state index is 0.218. The van der Waals surface area contributed by atoms with Crippen LogP contribution in [0.15, 0.2) is 22.7 Å². The SMILES string of the molecule is CCOCC(N)c1ccc(F)cc1Br. The molecule has 0 aliphatic rings. The van der Waals surface area contributed by atoms with Crippen LogP contribution in [0, 0.1) is 5.82 Å². The van der Waals surface area contributed by atoms with Gasteiger partial charge in [-0.05, 0) is 24.6 Å². The molecule has 4 heteroatoms. The lowest BCUT2D eigenvalue weighted by Crippen LogP contribution is -2.17. The highest BCUT2D eigenvalue weighted by Gasteiger charge is 2.10. The second-order valence-electron chi connectivity index (χ2n) is 2.93. The topological polar surface area (TPSA) is 35.2 Å². The van der Waals surface area contributed by atoms with Crippen molar-refractivity contribution in [1.29, 1.82) is 0 Å². The number of rotatable bonds is 4. The molecule has 0 bridgehead atoms. The molecule has 1 aromatic rings. The van der Waals surface area contributed by atoms with Gasteiger partial charge in [-0.15, -0.1) is 0 Å². The van der Waals surface area contributed by atoms with Crippen molar-refractivity contribution in [2.75, 3.05) is 13.2 Å². The maximum Gasteiger partial charge on any atom is 0.124 e. The molecule has 2 nitrogen and oxygen atoms in total. The van der Waals surface area contributed by atoms with Gasteiger partial charge in [0.05, 0.1) is 12.6 Å². The van der Waals surface area contributed by atoms with Crippen LogP contribution >= 0.6 is 15.9 Å². The summed E-state index contributed by atoms with van der Waals surface area (Å²) in [6.45, 7) is 2.99. The molecule has 0 heterocycles. The maximum atomic E-state index is 12.8. The fourth-order valence-corrected chi connectivity index (χ4v) is 1.78. The van der Waals surface area contributed by atoms with Gasteiger partial charge < -0.3 is 10.5 Å². The third-order valence-corrected chi connectivity index (χ3v) is 2.55. The molecule has 78 valence electrons. The normalized spacial score (nSPS) is 12.9. The Hall–Kier alpha value is -0.450. The van der Waals surface area contributed by atoms with Gasteiger partial charge in [0.1, 0.15) is 5.82 Å². The number of benzene rings is 1. The Labute approximate surface area is 91.4 Å². The van der Waals surface area contributed by atoms with Gasteiger partial charge in [0.2, 0.25) is 0 Å². The van der Waals surface area contributed by atoms with E-state index in [4.69, 9.17) is 10.5 Å². The molecule has 0 spiro atoms. The van der Waals surface area contributed by atoms with Gasteiger partial charge in [-0.25, -0.2) is 4.39 Å². The summed E-state index contributed by atoms with van der Waals surface area (Å²) in [5, 5.41) is 0. The van der Waals surface area contributed by atoms with E-state index in [0.29, 0.717) is 17.7 Å². The van der Waals surface area contributed by atoms with Crippen molar-refractivity contribution >= 4 is 15.9 Å². The molecule has 0 aliphatic heterocycles. The number of ether oxygens (including phenoxy) is 1. The summed E-state index contributed by atoms with van der Waals surface area (Å²) in [6.07, 6.45) is 0. The monoisotopic (exact) mass is 261 g/mol. The van der Waals surface area contributed by atoms with Crippen LogP contribution in [-0.2, 0) is 4.74 Å². The van der Waals surface area contributed by atoms with Gasteiger partial charge in [0, 0.05) is 11.1 Å². The molecule has 0 aromatic heterocycles. The molecular weight excluding hydrogens is 249 g/mol. The van der Waals surface area contributed by atoms with Crippen molar-refractivity contribution in [3.8, 4) is 0 Å². The zero-order chi connectivity index (χ0) is 10.6. The first-order valence-electron chi connectivity index (χ1n) is 4.43. The molecular formula is C10H13BrFNO. The highest BCUT2D eigenvalue weighted by molar-refractivity contribution is 9.10. The maximum absolute atomic E-state index is 12.8. The van der Waals surface area contributed by atoms with E-state index in [-0.39, 0.29) is 11.9 Å². The fourth-order valence-electron chi connectivity index (χ4n) is 1.14. The number of hydrogen-bond donors (Lipinski definition) is 1. The lowest BCUT2D eigenvalue weighted by molar-refractivity contribution is 0.133. The Morgan fingerprint density at radius 3 is 2.86 bits per heavy atom. The molecule has 0 aliphatic carbocycles. The van der Waals surface area contributed by atoms with Gasteiger partial charge in [-0.1, -0.05) is 22.0 Å². The van der Waals surface area contributed by atoms with Gasteiger partial charge in [0.25, 0.3) is 0 Å². The van der Waals surface area contributed by atoms with Gasteiger partial charge >= 0.3 is 0 Å². The van der Waals surface area contributed by atoms with E-state index < -0.39 is 0 Å². The molecule has 14 heavy (non-hydrogen) atoms. The second kappa shape index (κ2) is 5.44. The van der Waals surface area contributed by atoms with Crippen LogP contribution in [0.5, 0.6) is 0 Å². The first-order chi connectivity index (χ1) is 6.65. The molecule has 1 unspecified atom stereocenters.